The lowest BCUT2D eigenvalue weighted by molar-refractivity contribution is 0.101. The zero-order chi connectivity index (χ0) is 24.2. The summed E-state index contributed by atoms with van der Waals surface area (Å²) in [7, 11) is 2.17. The molecule has 5 rings (SSSR count). The highest BCUT2D eigenvalue weighted by molar-refractivity contribution is 7.14. The van der Waals surface area contributed by atoms with Gasteiger partial charge in [0.05, 0.1) is 5.69 Å². The minimum atomic E-state index is -0.539. The van der Waals surface area contributed by atoms with Crippen LogP contribution < -0.4 is 5.32 Å². The number of likely N-dealkylation sites (tertiary alicyclic amines) is 1. The van der Waals surface area contributed by atoms with E-state index in [0.29, 0.717) is 23.4 Å². The number of rotatable bonds is 7. The Hall–Kier alpha value is -3.56. The number of aromatic nitrogens is 4. The second-order valence-electron chi connectivity index (χ2n) is 8.80. The number of nitrogens with one attached hydrogen (secondary N) is 1. The maximum atomic E-state index is 13.4. The van der Waals surface area contributed by atoms with E-state index in [1.54, 1.807) is 29.0 Å². The van der Waals surface area contributed by atoms with Crippen molar-refractivity contribution in [1.29, 1.82) is 0 Å². The fourth-order valence-corrected chi connectivity index (χ4v) is 4.98. The predicted molar refractivity (Wildman–Crippen MR) is 137 cm³/mol. The molecule has 5 heterocycles. The molecule has 1 fully saturated rings. The van der Waals surface area contributed by atoms with Crippen LogP contribution in [-0.2, 0) is 6.54 Å². The van der Waals surface area contributed by atoms with E-state index in [4.69, 9.17) is 0 Å². The second-order valence-corrected chi connectivity index (χ2v) is 9.66. The van der Waals surface area contributed by atoms with E-state index in [9.17, 15) is 9.18 Å². The van der Waals surface area contributed by atoms with Gasteiger partial charge in [0.25, 0.3) is 5.91 Å². The van der Waals surface area contributed by atoms with Crippen LogP contribution in [0.2, 0.25) is 0 Å². The van der Waals surface area contributed by atoms with Crippen LogP contribution in [0.4, 0.5) is 9.52 Å². The summed E-state index contributed by atoms with van der Waals surface area (Å²) in [5, 5.41) is 5.31. The van der Waals surface area contributed by atoms with E-state index in [1.807, 2.05) is 17.5 Å². The normalized spacial score (nSPS) is 15.1. The summed E-state index contributed by atoms with van der Waals surface area (Å²) < 4.78 is 17.5. The summed E-state index contributed by atoms with van der Waals surface area (Å²) in [5.41, 5.74) is 3.13. The van der Waals surface area contributed by atoms with Crippen molar-refractivity contribution in [1.82, 2.24) is 24.0 Å². The van der Waals surface area contributed by atoms with Gasteiger partial charge in [-0.1, -0.05) is 6.08 Å². The zero-order valence-corrected chi connectivity index (χ0v) is 20.3. The number of halogens is 1. The van der Waals surface area contributed by atoms with E-state index in [0.717, 1.165) is 29.9 Å². The Morgan fingerprint density at radius 1 is 1.23 bits per heavy atom. The van der Waals surface area contributed by atoms with Gasteiger partial charge in [0, 0.05) is 42.8 Å². The molecule has 1 amide bonds. The molecule has 0 unspecified atom stereocenters. The summed E-state index contributed by atoms with van der Waals surface area (Å²) in [6.45, 7) is 2.64. The molecule has 1 aliphatic rings. The number of pyridine rings is 1. The molecule has 1 N–H and O–H groups in total. The van der Waals surface area contributed by atoms with Gasteiger partial charge in [-0.3, -0.25) is 10.1 Å². The molecule has 0 atom stereocenters. The molecule has 9 heteroatoms. The highest BCUT2D eigenvalue weighted by Crippen LogP contribution is 2.24. The fraction of sp³-hybridized carbons (Fsp3) is 0.269. The fourth-order valence-electron chi connectivity index (χ4n) is 4.31. The van der Waals surface area contributed by atoms with Crippen molar-refractivity contribution in [3.63, 3.8) is 0 Å². The molecule has 4 aromatic heterocycles. The van der Waals surface area contributed by atoms with E-state index in [2.05, 4.69) is 50.3 Å². The molecular weight excluding hydrogens is 463 g/mol. The van der Waals surface area contributed by atoms with Crippen LogP contribution in [0.5, 0.6) is 0 Å². The highest BCUT2D eigenvalue weighted by atomic mass is 32.1. The Labute approximate surface area is 207 Å². The molecular formula is C26H27FN6OS. The maximum absolute atomic E-state index is 13.4. The maximum Gasteiger partial charge on any atom is 0.274 e. The number of amides is 1. The number of hydrogen-bond acceptors (Lipinski definition) is 5. The third-order valence-corrected chi connectivity index (χ3v) is 7.02. The number of piperidine rings is 1. The quantitative estimate of drug-likeness (QED) is 0.370. The Bertz CT molecular complexity index is 1330. The summed E-state index contributed by atoms with van der Waals surface area (Å²) in [4.78, 5) is 23.3. The first-order valence-electron chi connectivity index (χ1n) is 11.6. The smallest absolute Gasteiger partial charge is 0.274 e. The molecule has 0 bridgehead atoms. The number of carbonyl (C=O) groups excluding carboxylic acids is 1. The molecule has 0 aromatic carbocycles. The minimum absolute atomic E-state index is 0.260. The van der Waals surface area contributed by atoms with Crippen LogP contribution in [0.1, 0.15) is 46.2 Å². The summed E-state index contributed by atoms with van der Waals surface area (Å²) in [6.07, 6.45) is 13.9. The lowest BCUT2D eigenvalue weighted by Crippen LogP contribution is -2.31. The van der Waals surface area contributed by atoms with Gasteiger partial charge < -0.3 is 14.0 Å². The molecule has 1 saturated heterocycles. The topological polar surface area (TPSA) is 68.0 Å². The average Bonchev–Trinajstić information content (AvgIpc) is 3.60. The van der Waals surface area contributed by atoms with Crippen molar-refractivity contribution < 1.29 is 9.18 Å². The van der Waals surface area contributed by atoms with Gasteiger partial charge in [0.1, 0.15) is 5.69 Å². The molecule has 180 valence electrons. The van der Waals surface area contributed by atoms with E-state index in [1.165, 1.54) is 36.4 Å². The summed E-state index contributed by atoms with van der Waals surface area (Å²) >= 11 is 1.38. The molecule has 0 aliphatic carbocycles. The standard InChI is InChI=1S/C26H27FN6OS/c1-31-12-8-22(9-13-31)32-14-7-19(16-32)4-5-21-18-35-26(29-21)30-25(34)23-3-2-11-33(23)17-20-6-10-28-24(27)15-20/h2-7,10-11,14-16,18,22H,8-9,12-13,17H2,1H3,(H,29,30,34)/b5-4+. The van der Waals surface area contributed by atoms with Crippen LogP contribution in [0.3, 0.4) is 0 Å². The zero-order valence-electron chi connectivity index (χ0n) is 19.5. The Morgan fingerprint density at radius 2 is 2.09 bits per heavy atom. The highest BCUT2D eigenvalue weighted by Gasteiger charge is 2.17. The van der Waals surface area contributed by atoms with Crippen LogP contribution >= 0.6 is 11.3 Å². The largest absolute Gasteiger partial charge is 0.351 e. The molecule has 0 spiro atoms. The lowest BCUT2D eigenvalue weighted by atomic mass is 10.1. The number of thiazole rings is 1. The molecule has 0 radical (unpaired) electrons. The van der Waals surface area contributed by atoms with Crippen molar-refractivity contribution in [3.05, 3.63) is 89.0 Å². The van der Waals surface area contributed by atoms with Gasteiger partial charge in [0.15, 0.2) is 5.13 Å². The summed E-state index contributed by atoms with van der Waals surface area (Å²) in [5.74, 6) is -0.799. The average molecular weight is 491 g/mol. The lowest BCUT2D eigenvalue weighted by Gasteiger charge is -2.29. The molecule has 7 nitrogen and oxygen atoms in total. The SMILES string of the molecule is CN1CCC(n2ccc(/C=C/c3csc(NC(=O)c4cccn4Cc4ccnc(F)c4)n3)c2)CC1. The van der Waals surface area contributed by atoms with Crippen LogP contribution in [0.25, 0.3) is 12.2 Å². The number of nitrogens with zero attached hydrogens (tertiary/aromatic N) is 5. The molecule has 4 aromatic rings. The van der Waals surface area contributed by atoms with Gasteiger partial charge in [-0.25, -0.2) is 9.97 Å². The van der Waals surface area contributed by atoms with Crippen LogP contribution in [0, 0.1) is 5.95 Å². The van der Waals surface area contributed by atoms with E-state index < -0.39 is 5.95 Å². The Kier molecular flexibility index (Phi) is 6.87. The molecule has 35 heavy (non-hydrogen) atoms. The number of carbonyl (C=O) groups is 1. The second kappa shape index (κ2) is 10.4. The molecule has 1 aliphatic heterocycles. The van der Waals surface area contributed by atoms with Gasteiger partial charge in [-0.05, 0) is 80.5 Å². The third kappa shape index (κ3) is 5.75. The van der Waals surface area contributed by atoms with E-state index >= 15 is 0 Å². The number of anilines is 1. The van der Waals surface area contributed by atoms with Gasteiger partial charge in [-0.2, -0.15) is 4.39 Å². The first kappa shape index (κ1) is 23.2. The first-order chi connectivity index (χ1) is 17.0. The van der Waals surface area contributed by atoms with Crippen molar-refractivity contribution >= 4 is 34.5 Å². The molecule has 0 saturated carbocycles. The Morgan fingerprint density at radius 3 is 2.91 bits per heavy atom. The van der Waals surface area contributed by atoms with Gasteiger partial charge >= 0.3 is 0 Å². The van der Waals surface area contributed by atoms with Crippen molar-refractivity contribution in [2.45, 2.75) is 25.4 Å². The van der Waals surface area contributed by atoms with Crippen molar-refractivity contribution in [2.24, 2.45) is 0 Å². The van der Waals surface area contributed by atoms with Crippen molar-refractivity contribution in [3.8, 4) is 0 Å². The predicted octanol–water partition coefficient (Wildman–Crippen LogP) is 5.02. The Balaban J connectivity index is 1.20. The number of hydrogen-bond donors (Lipinski definition) is 1. The van der Waals surface area contributed by atoms with E-state index in [-0.39, 0.29) is 5.91 Å². The minimum Gasteiger partial charge on any atom is -0.351 e. The third-order valence-electron chi connectivity index (χ3n) is 6.24. The van der Waals surface area contributed by atoms with Gasteiger partial charge in [-0.15, -0.1) is 11.3 Å². The van der Waals surface area contributed by atoms with Crippen LogP contribution in [0.15, 0.2) is 60.5 Å². The van der Waals surface area contributed by atoms with Gasteiger partial charge in [0.2, 0.25) is 5.95 Å². The first-order valence-corrected chi connectivity index (χ1v) is 12.5. The summed E-state index contributed by atoms with van der Waals surface area (Å²) in [6, 6.07) is 9.30. The monoisotopic (exact) mass is 490 g/mol. The van der Waals surface area contributed by atoms with Crippen LogP contribution in [-0.4, -0.2) is 50.0 Å². The van der Waals surface area contributed by atoms with Crippen molar-refractivity contribution in [2.75, 3.05) is 25.5 Å².